The summed E-state index contributed by atoms with van der Waals surface area (Å²) in [7, 11) is 7.40. The summed E-state index contributed by atoms with van der Waals surface area (Å²) in [5.41, 5.74) is 2.64. The third-order valence-electron chi connectivity index (χ3n) is 15.2. The first-order chi connectivity index (χ1) is 53.3. The van der Waals surface area contributed by atoms with Crippen LogP contribution in [-0.4, -0.2) is 199 Å². The van der Waals surface area contributed by atoms with Crippen molar-refractivity contribution in [3.05, 3.63) is 239 Å². The molecule has 0 spiro atoms. The zero-order valence-corrected chi connectivity index (χ0v) is 60.4. The standard InChI is InChI=1S/C14H14O6.C14H14O5.C13H12O6.2C13H12O5.C12H10O5/c1-17-9-3-5-11(12(7-9)18-2)14(16)19-8-10-4-6-13(15)20-10;1-9-4-3-5-11(17-2)13(9)14(16)18-8-10-6-7-12(15)19-10;1-17-8-2-4-10(11(14)6-8)13(16)18-7-9-3-5-12(15)19-9;1-8-3-2-4-10(14)12(8)13(16)17-7-9-5-6-11(15)18-9;1-16-11-5-3-2-4-10(11)13(15)17-8-9-6-7-12(14)18-9;13-10-4-2-1-3-9(10)12(15)16-7-8-5-6-11(14)17-8/h3-7,10H,8H2,1-2H3;3-7,10H,8H2,1-2H3;2-6,9,14H,7H2,1H3;2-6,9,14H,7H2,1H3;2-7,9H,8H2,1H3;1-6,8,13H,7H2/t2*10-;3*9-;8-/m000010/s1. The number of methoxy groups -OCH3 is 5. The van der Waals surface area contributed by atoms with E-state index in [0.29, 0.717) is 45.4 Å². The number of esters is 12. The first-order valence-corrected chi connectivity index (χ1v) is 33.1. The van der Waals surface area contributed by atoms with E-state index in [1.807, 2.05) is 0 Å². The fourth-order valence-electron chi connectivity index (χ4n) is 9.65. The summed E-state index contributed by atoms with van der Waals surface area (Å²) in [6, 6.07) is 31.9. The van der Waals surface area contributed by atoms with Crippen molar-refractivity contribution in [3.63, 3.8) is 0 Å². The molecule has 582 valence electrons. The number of phenolic OH excluding ortho intramolecular Hbond substituents is 3. The average molecular weight is 1540 g/mol. The normalized spacial score (nSPS) is 17.3. The van der Waals surface area contributed by atoms with Crippen molar-refractivity contribution < 1.29 is 153 Å². The number of hydrogen-bond acceptors (Lipinski definition) is 32. The van der Waals surface area contributed by atoms with Crippen LogP contribution in [0, 0.1) is 13.8 Å². The highest BCUT2D eigenvalue weighted by Crippen LogP contribution is 2.29. The fraction of sp³-hybridized carbons (Fsp3) is 0.241. The zero-order chi connectivity index (χ0) is 80.5. The van der Waals surface area contributed by atoms with E-state index in [9.17, 15) is 72.9 Å². The molecule has 0 amide bonds. The second-order valence-electron chi connectivity index (χ2n) is 22.9. The monoisotopic (exact) mass is 1530 g/mol. The molecule has 32 nitrogen and oxygen atoms in total. The molecular formula is C79H74O32. The van der Waals surface area contributed by atoms with Crippen LogP contribution in [0.15, 0.2) is 194 Å². The van der Waals surface area contributed by atoms with E-state index < -0.39 is 108 Å². The van der Waals surface area contributed by atoms with Gasteiger partial charge >= 0.3 is 71.6 Å². The first kappa shape index (κ1) is 84.1. The number of carbonyl (C=O) groups is 12. The quantitative estimate of drug-likeness (QED) is 0.0408. The molecule has 6 aromatic rings. The van der Waals surface area contributed by atoms with E-state index >= 15 is 0 Å². The largest absolute Gasteiger partial charge is 0.507 e. The molecule has 6 atom stereocenters. The minimum Gasteiger partial charge on any atom is -0.507 e. The second kappa shape index (κ2) is 42.2. The summed E-state index contributed by atoms with van der Waals surface area (Å²) in [5.74, 6) is -4.42. The Balaban J connectivity index is 0.000000185. The average Bonchev–Trinajstić information content (AvgIpc) is 1.49. The number of rotatable bonds is 23. The van der Waals surface area contributed by atoms with Crippen molar-refractivity contribution in [2.24, 2.45) is 0 Å². The Labute approximate surface area is 633 Å². The summed E-state index contributed by atoms with van der Waals surface area (Å²) in [5, 5.41) is 28.7. The van der Waals surface area contributed by atoms with Crippen LogP contribution in [0.25, 0.3) is 0 Å². The smallest absolute Gasteiger partial charge is 0.342 e. The van der Waals surface area contributed by atoms with Gasteiger partial charge in [-0.3, -0.25) is 0 Å². The Morgan fingerprint density at radius 1 is 0.297 bits per heavy atom. The summed E-state index contributed by atoms with van der Waals surface area (Å²) < 4.78 is 84.4. The van der Waals surface area contributed by atoms with Gasteiger partial charge in [0.25, 0.3) is 0 Å². The molecule has 0 bridgehead atoms. The number of carbonyl (C=O) groups excluding carboxylic acids is 12. The Morgan fingerprint density at radius 3 is 0.955 bits per heavy atom. The number of cyclic esters (lactones) is 6. The van der Waals surface area contributed by atoms with Gasteiger partial charge < -0.3 is 95.8 Å². The number of aromatic hydroxyl groups is 3. The van der Waals surface area contributed by atoms with E-state index in [2.05, 4.69) is 0 Å². The lowest BCUT2D eigenvalue weighted by Crippen LogP contribution is -2.19. The Kier molecular flexibility index (Phi) is 32.0. The molecule has 3 N–H and O–H groups in total. The predicted molar refractivity (Wildman–Crippen MR) is 382 cm³/mol. The topological polar surface area (TPSA) is 422 Å². The first-order valence-electron chi connectivity index (χ1n) is 33.1. The highest BCUT2D eigenvalue weighted by atomic mass is 16.6. The molecule has 0 saturated heterocycles. The van der Waals surface area contributed by atoms with Crippen LogP contribution in [0.5, 0.6) is 46.0 Å². The summed E-state index contributed by atoms with van der Waals surface area (Å²) in [6.07, 6.45) is 13.7. The van der Waals surface area contributed by atoms with Gasteiger partial charge in [-0.15, -0.1) is 0 Å². The van der Waals surface area contributed by atoms with Crippen LogP contribution in [0.4, 0.5) is 0 Å². The van der Waals surface area contributed by atoms with Gasteiger partial charge in [0, 0.05) is 48.6 Å². The van der Waals surface area contributed by atoms with Gasteiger partial charge in [-0.1, -0.05) is 48.5 Å². The summed E-state index contributed by atoms with van der Waals surface area (Å²) in [6.45, 7) is 3.26. The van der Waals surface area contributed by atoms with Crippen molar-refractivity contribution in [1.29, 1.82) is 0 Å². The van der Waals surface area contributed by atoms with Gasteiger partial charge in [0.05, 0.1) is 35.5 Å². The second-order valence-corrected chi connectivity index (χ2v) is 22.9. The zero-order valence-electron chi connectivity index (χ0n) is 60.4. The van der Waals surface area contributed by atoms with Crippen molar-refractivity contribution in [2.75, 3.05) is 75.2 Å². The van der Waals surface area contributed by atoms with Crippen molar-refractivity contribution in [1.82, 2.24) is 0 Å². The number of hydrogen-bond donors (Lipinski definition) is 3. The minimum absolute atomic E-state index is 0.000871. The molecule has 0 unspecified atom stereocenters. The Bertz CT molecular complexity index is 4560. The van der Waals surface area contributed by atoms with Gasteiger partial charge in [-0.25, -0.2) is 57.5 Å². The molecule has 6 heterocycles. The van der Waals surface area contributed by atoms with Crippen LogP contribution >= 0.6 is 0 Å². The van der Waals surface area contributed by atoms with E-state index in [1.165, 1.54) is 127 Å². The number of aryl methyl sites for hydroxylation is 2. The number of ether oxygens (including phenoxy) is 17. The van der Waals surface area contributed by atoms with Crippen molar-refractivity contribution in [3.8, 4) is 46.0 Å². The lowest BCUT2D eigenvalue weighted by Gasteiger charge is -2.13. The highest BCUT2D eigenvalue weighted by Gasteiger charge is 2.27. The maximum Gasteiger partial charge on any atom is 0.342 e. The van der Waals surface area contributed by atoms with Crippen molar-refractivity contribution in [2.45, 2.75) is 50.5 Å². The van der Waals surface area contributed by atoms with Gasteiger partial charge in [0.1, 0.15) is 119 Å². The van der Waals surface area contributed by atoms with Gasteiger partial charge in [0.2, 0.25) is 0 Å². The molecule has 32 heteroatoms. The predicted octanol–water partition coefficient (Wildman–Crippen LogP) is 7.73. The van der Waals surface area contributed by atoms with Crippen LogP contribution in [-0.2, 0) is 85.6 Å². The maximum absolute atomic E-state index is 12.0. The van der Waals surface area contributed by atoms with Crippen LogP contribution in [0.1, 0.15) is 73.3 Å². The molecule has 6 aliphatic heterocycles. The number of benzene rings is 6. The van der Waals surface area contributed by atoms with Gasteiger partial charge in [-0.2, -0.15) is 0 Å². The highest BCUT2D eigenvalue weighted by molar-refractivity contribution is 5.97. The molecule has 111 heavy (non-hydrogen) atoms. The molecular weight excluding hydrogens is 1460 g/mol. The van der Waals surface area contributed by atoms with E-state index in [-0.39, 0.29) is 79.1 Å². The van der Waals surface area contributed by atoms with E-state index in [1.54, 1.807) is 117 Å². The lowest BCUT2D eigenvalue weighted by atomic mass is 10.1. The number of para-hydroxylation sites is 2. The Hall–Kier alpha value is -14.2. The third-order valence-corrected chi connectivity index (χ3v) is 15.2. The lowest BCUT2D eigenvalue weighted by molar-refractivity contribution is -0.140. The maximum atomic E-state index is 12.0. The molecule has 6 aliphatic rings. The molecule has 0 aromatic heterocycles. The molecule has 0 aliphatic carbocycles. The SMILES string of the molecule is COc1ccc(C(=O)OC[C@@H]2C=CC(=O)O2)c(O)c1.COc1ccc(C(=O)OC[C@@H]2C=CC(=O)O2)c(OC)c1.COc1cccc(C)c1C(=O)OC[C@@H]1C=CC(=O)O1.COc1ccccc1C(=O)OC[C@H]1C=CC(=O)O1.Cc1cccc(O)c1C(=O)OC[C@@H]1C=CC(=O)O1.O=C1C=C[C@@H](COC(=O)c2ccccc2O)O1. The Morgan fingerprint density at radius 2 is 0.595 bits per heavy atom. The van der Waals surface area contributed by atoms with Crippen LogP contribution in [0.3, 0.4) is 0 Å². The molecule has 12 rings (SSSR count). The molecule has 0 fully saturated rings. The molecule has 6 aromatic carbocycles. The number of phenols is 3. The van der Waals surface area contributed by atoms with E-state index in [4.69, 9.17) is 80.5 Å². The van der Waals surface area contributed by atoms with Crippen LogP contribution in [0.2, 0.25) is 0 Å². The molecule has 0 saturated carbocycles. The summed E-state index contributed by atoms with van der Waals surface area (Å²) >= 11 is 0. The summed E-state index contributed by atoms with van der Waals surface area (Å²) in [4.78, 5) is 136. The van der Waals surface area contributed by atoms with Gasteiger partial charge in [0.15, 0.2) is 36.6 Å². The van der Waals surface area contributed by atoms with Gasteiger partial charge in [-0.05, 0) is 122 Å². The molecule has 0 radical (unpaired) electrons. The fourth-order valence-corrected chi connectivity index (χ4v) is 9.65. The van der Waals surface area contributed by atoms with E-state index in [0.717, 1.165) is 5.56 Å². The van der Waals surface area contributed by atoms with Crippen LogP contribution < -0.4 is 23.7 Å². The third kappa shape index (κ3) is 26.1. The van der Waals surface area contributed by atoms with Crippen molar-refractivity contribution >= 4 is 71.6 Å². The minimum atomic E-state index is -0.698.